The van der Waals surface area contributed by atoms with Crippen LogP contribution in [0.4, 0.5) is 0 Å². The van der Waals surface area contributed by atoms with Crippen molar-refractivity contribution in [3.8, 4) is 0 Å². The Morgan fingerprint density at radius 1 is 1.69 bits per heavy atom. The van der Waals surface area contributed by atoms with Gasteiger partial charge in [0.1, 0.15) is 0 Å². The van der Waals surface area contributed by atoms with Crippen molar-refractivity contribution in [2.45, 2.75) is 39.2 Å². The van der Waals surface area contributed by atoms with E-state index in [2.05, 4.69) is 19.2 Å². The number of nitrogens with one attached hydrogen (secondary N) is 1. The Morgan fingerprint density at radius 2 is 2.38 bits per heavy atom. The maximum absolute atomic E-state index is 11.1. The molecule has 13 heavy (non-hydrogen) atoms. The summed E-state index contributed by atoms with van der Waals surface area (Å²) in [5, 5.41) is 3.28. The molecule has 0 aromatic carbocycles. The predicted molar refractivity (Wildman–Crippen MR) is 51.2 cm³/mol. The standard InChI is InChI=1S/C10H17NO2/c1-4-13-9(12)7-8-5-6-10(2,3)11-8/h7,11H,4-6H2,1-3H3. The summed E-state index contributed by atoms with van der Waals surface area (Å²) in [4.78, 5) is 11.1. The molecule has 1 heterocycles. The van der Waals surface area contributed by atoms with Crippen LogP contribution in [0, 0.1) is 0 Å². The van der Waals surface area contributed by atoms with Gasteiger partial charge in [-0.2, -0.15) is 0 Å². The minimum absolute atomic E-state index is 0.123. The fourth-order valence-corrected chi connectivity index (χ4v) is 1.44. The summed E-state index contributed by atoms with van der Waals surface area (Å²) in [6, 6.07) is 0. The molecule has 0 aliphatic carbocycles. The molecule has 1 rings (SSSR count). The highest BCUT2D eigenvalue weighted by molar-refractivity contribution is 5.82. The van der Waals surface area contributed by atoms with Crippen LogP contribution in [0.5, 0.6) is 0 Å². The lowest BCUT2D eigenvalue weighted by Crippen LogP contribution is -2.31. The smallest absolute Gasteiger partial charge is 0.332 e. The molecule has 0 unspecified atom stereocenters. The van der Waals surface area contributed by atoms with Crippen LogP contribution in [0.2, 0.25) is 0 Å². The monoisotopic (exact) mass is 183 g/mol. The van der Waals surface area contributed by atoms with E-state index in [9.17, 15) is 4.79 Å². The van der Waals surface area contributed by atoms with Crippen molar-refractivity contribution in [1.82, 2.24) is 5.32 Å². The molecule has 1 fully saturated rings. The molecule has 74 valence electrons. The van der Waals surface area contributed by atoms with Crippen LogP contribution in [-0.2, 0) is 9.53 Å². The molecular weight excluding hydrogens is 166 g/mol. The molecule has 3 heteroatoms. The Bertz CT molecular complexity index is 231. The molecule has 0 aromatic heterocycles. The SMILES string of the molecule is CCOC(=O)C=C1CCC(C)(C)N1. The summed E-state index contributed by atoms with van der Waals surface area (Å²) < 4.78 is 4.82. The number of carbonyl (C=O) groups excluding carboxylic acids is 1. The van der Waals surface area contributed by atoms with Crippen LogP contribution in [0.25, 0.3) is 0 Å². The molecule has 0 radical (unpaired) electrons. The van der Waals surface area contributed by atoms with Crippen LogP contribution < -0.4 is 5.32 Å². The first-order chi connectivity index (χ1) is 6.03. The Labute approximate surface area is 79.2 Å². The molecule has 1 aliphatic heterocycles. The minimum Gasteiger partial charge on any atom is -0.463 e. The van der Waals surface area contributed by atoms with Gasteiger partial charge in [-0.15, -0.1) is 0 Å². The van der Waals surface area contributed by atoms with Crippen LogP contribution in [0.3, 0.4) is 0 Å². The fraction of sp³-hybridized carbons (Fsp3) is 0.700. The molecule has 1 N–H and O–H groups in total. The van der Waals surface area contributed by atoms with Crippen LogP contribution in [0.15, 0.2) is 11.8 Å². The molecule has 3 nitrogen and oxygen atoms in total. The van der Waals surface area contributed by atoms with Gasteiger partial charge < -0.3 is 10.1 Å². The third kappa shape index (κ3) is 3.09. The van der Waals surface area contributed by atoms with E-state index < -0.39 is 0 Å². The molecular formula is C10H17NO2. The second kappa shape index (κ2) is 3.81. The highest BCUT2D eigenvalue weighted by Gasteiger charge is 2.25. The van der Waals surface area contributed by atoms with Gasteiger partial charge in [-0.05, 0) is 33.6 Å². The summed E-state index contributed by atoms with van der Waals surface area (Å²) in [7, 11) is 0. The molecule has 0 aromatic rings. The van der Waals surface area contributed by atoms with E-state index in [4.69, 9.17) is 4.74 Å². The number of esters is 1. The Morgan fingerprint density at radius 3 is 2.85 bits per heavy atom. The van der Waals surface area contributed by atoms with Gasteiger partial charge in [0.25, 0.3) is 0 Å². The molecule has 0 amide bonds. The first-order valence-electron chi connectivity index (χ1n) is 4.69. The second-order valence-electron chi connectivity index (χ2n) is 3.93. The zero-order valence-corrected chi connectivity index (χ0v) is 8.52. The van der Waals surface area contributed by atoms with Crippen LogP contribution in [0.1, 0.15) is 33.6 Å². The maximum Gasteiger partial charge on any atom is 0.332 e. The van der Waals surface area contributed by atoms with Crippen molar-refractivity contribution in [3.63, 3.8) is 0 Å². The van der Waals surface area contributed by atoms with Crippen molar-refractivity contribution in [3.05, 3.63) is 11.8 Å². The molecule has 0 saturated carbocycles. The number of hydrogen-bond donors (Lipinski definition) is 1. The van der Waals surface area contributed by atoms with Crippen LogP contribution in [-0.4, -0.2) is 18.1 Å². The van der Waals surface area contributed by atoms with Gasteiger partial charge in [0.05, 0.1) is 6.61 Å². The van der Waals surface area contributed by atoms with E-state index in [1.807, 2.05) is 6.92 Å². The van der Waals surface area contributed by atoms with E-state index in [1.54, 1.807) is 6.08 Å². The van der Waals surface area contributed by atoms with Crippen molar-refractivity contribution >= 4 is 5.97 Å². The first-order valence-corrected chi connectivity index (χ1v) is 4.69. The van der Waals surface area contributed by atoms with Crippen LogP contribution >= 0.6 is 0 Å². The lowest BCUT2D eigenvalue weighted by molar-refractivity contribution is -0.137. The fourth-order valence-electron chi connectivity index (χ4n) is 1.44. The van der Waals surface area contributed by atoms with Gasteiger partial charge in [0, 0.05) is 17.3 Å². The summed E-state index contributed by atoms with van der Waals surface area (Å²) in [5.74, 6) is -0.247. The highest BCUT2D eigenvalue weighted by atomic mass is 16.5. The number of carbonyl (C=O) groups is 1. The number of ether oxygens (including phenoxy) is 1. The number of allylic oxidation sites excluding steroid dienone is 1. The molecule has 0 atom stereocenters. The van der Waals surface area contributed by atoms with Gasteiger partial charge in [0.2, 0.25) is 0 Å². The van der Waals surface area contributed by atoms with E-state index in [-0.39, 0.29) is 11.5 Å². The summed E-state index contributed by atoms with van der Waals surface area (Å²) in [6.45, 7) is 6.49. The topological polar surface area (TPSA) is 38.3 Å². The lowest BCUT2D eigenvalue weighted by atomic mass is 10.0. The van der Waals surface area contributed by atoms with E-state index in [0.717, 1.165) is 18.5 Å². The van der Waals surface area contributed by atoms with E-state index in [1.165, 1.54) is 0 Å². The average molecular weight is 183 g/mol. The minimum atomic E-state index is -0.247. The normalized spacial score (nSPS) is 22.8. The quantitative estimate of drug-likeness (QED) is 0.522. The summed E-state index contributed by atoms with van der Waals surface area (Å²) in [6.07, 6.45) is 3.56. The van der Waals surface area contributed by atoms with Crippen molar-refractivity contribution in [2.24, 2.45) is 0 Å². The summed E-state index contributed by atoms with van der Waals surface area (Å²) >= 11 is 0. The van der Waals surface area contributed by atoms with Gasteiger partial charge in [-0.1, -0.05) is 0 Å². The second-order valence-corrected chi connectivity index (χ2v) is 3.93. The number of hydrogen-bond acceptors (Lipinski definition) is 3. The van der Waals surface area contributed by atoms with Gasteiger partial charge in [0.15, 0.2) is 0 Å². The van der Waals surface area contributed by atoms with Gasteiger partial charge >= 0.3 is 5.97 Å². The third-order valence-electron chi connectivity index (χ3n) is 2.10. The van der Waals surface area contributed by atoms with E-state index in [0.29, 0.717) is 6.61 Å². The number of rotatable bonds is 2. The van der Waals surface area contributed by atoms with Gasteiger partial charge in [-0.3, -0.25) is 0 Å². The zero-order valence-electron chi connectivity index (χ0n) is 8.52. The van der Waals surface area contributed by atoms with Crippen molar-refractivity contribution < 1.29 is 9.53 Å². The largest absolute Gasteiger partial charge is 0.463 e. The molecule has 1 aliphatic rings. The highest BCUT2D eigenvalue weighted by Crippen LogP contribution is 2.24. The van der Waals surface area contributed by atoms with Crippen molar-refractivity contribution in [1.29, 1.82) is 0 Å². The summed E-state index contributed by atoms with van der Waals surface area (Å²) in [5.41, 5.74) is 1.11. The Balaban J connectivity index is 2.50. The zero-order chi connectivity index (χ0) is 9.90. The lowest BCUT2D eigenvalue weighted by Gasteiger charge is -2.17. The Hall–Kier alpha value is -0.990. The maximum atomic E-state index is 11.1. The molecule has 0 bridgehead atoms. The van der Waals surface area contributed by atoms with Crippen molar-refractivity contribution in [2.75, 3.05) is 6.61 Å². The van der Waals surface area contributed by atoms with E-state index >= 15 is 0 Å². The first kappa shape index (κ1) is 10.1. The average Bonchev–Trinajstić information content (AvgIpc) is 2.30. The van der Waals surface area contributed by atoms with Gasteiger partial charge in [-0.25, -0.2) is 4.79 Å². The molecule has 0 spiro atoms. The third-order valence-corrected chi connectivity index (χ3v) is 2.10. The molecule has 1 saturated heterocycles. The predicted octanol–water partition coefficient (Wildman–Crippen LogP) is 1.60. The Kier molecular flexibility index (Phi) is 2.96.